The highest BCUT2D eigenvalue weighted by molar-refractivity contribution is 7.16. The van der Waals surface area contributed by atoms with Crippen molar-refractivity contribution in [3.05, 3.63) is 21.3 Å². The van der Waals surface area contributed by atoms with Crippen molar-refractivity contribution in [2.75, 3.05) is 33.7 Å². The zero-order chi connectivity index (χ0) is 16.8. The fourth-order valence-electron chi connectivity index (χ4n) is 2.54. The topological polar surface area (TPSA) is 59.9 Å². The third-order valence-electron chi connectivity index (χ3n) is 4.00. The van der Waals surface area contributed by atoms with Gasteiger partial charge in [-0.1, -0.05) is 11.6 Å². The lowest BCUT2D eigenvalue weighted by atomic mass is 10.2. The van der Waals surface area contributed by atoms with Crippen LogP contribution in [0.4, 0.5) is 0 Å². The van der Waals surface area contributed by atoms with Gasteiger partial charge in [0.25, 0.3) is 0 Å². The summed E-state index contributed by atoms with van der Waals surface area (Å²) in [6.45, 7) is 4.02. The third-order valence-corrected chi connectivity index (χ3v) is 5.33. The molecule has 5 nitrogen and oxygen atoms in total. The van der Waals surface area contributed by atoms with E-state index in [1.807, 2.05) is 13.0 Å². The van der Waals surface area contributed by atoms with Crippen LogP contribution in [0.25, 0.3) is 0 Å². The predicted molar refractivity (Wildman–Crippen MR) is 98.5 cm³/mol. The van der Waals surface area contributed by atoms with Crippen LogP contribution in [0.1, 0.15) is 30.7 Å². The van der Waals surface area contributed by atoms with E-state index in [1.165, 1.54) is 24.2 Å². The second kappa shape index (κ2) is 8.87. The summed E-state index contributed by atoms with van der Waals surface area (Å²) in [7, 11) is 4.23. The average Bonchev–Trinajstić information content (AvgIpc) is 3.24. The molecule has 0 aliphatic heterocycles. The normalized spacial score (nSPS) is 18.1. The molecule has 0 spiro atoms. The van der Waals surface area contributed by atoms with Crippen LogP contribution in [0, 0.1) is 5.92 Å². The maximum Gasteiger partial charge on any atom is 0.191 e. The van der Waals surface area contributed by atoms with Crippen LogP contribution >= 0.6 is 22.9 Å². The standard InChI is InChI=1S/C16H27ClN4OS/c1-4-18-16(19-9-12(21(2)3)11-5-6-11)20-10-13(22)14-7-8-15(17)23-14/h7-8,11-13,22H,4-6,9-10H2,1-3H3,(H2,18,19,20). The molecule has 23 heavy (non-hydrogen) atoms. The highest BCUT2D eigenvalue weighted by Crippen LogP contribution is 2.34. The quantitative estimate of drug-likeness (QED) is 0.493. The summed E-state index contributed by atoms with van der Waals surface area (Å²) in [6, 6.07) is 4.16. The number of thiophene rings is 1. The summed E-state index contributed by atoms with van der Waals surface area (Å²) in [5.41, 5.74) is 0. The fourth-order valence-corrected chi connectivity index (χ4v) is 3.59. The second-order valence-corrected chi connectivity index (χ2v) is 7.87. The van der Waals surface area contributed by atoms with Crippen molar-refractivity contribution in [2.45, 2.75) is 31.9 Å². The van der Waals surface area contributed by atoms with Gasteiger partial charge in [-0.3, -0.25) is 4.99 Å². The van der Waals surface area contributed by atoms with Crippen molar-refractivity contribution >= 4 is 28.9 Å². The van der Waals surface area contributed by atoms with E-state index in [4.69, 9.17) is 11.6 Å². The van der Waals surface area contributed by atoms with E-state index >= 15 is 0 Å². The molecule has 1 heterocycles. The minimum atomic E-state index is -0.579. The molecule has 1 aliphatic rings. The Morgan fingerprint density at radius 1 is 1.43 bits per heavy atom. The van der Waals surface area contributed by atoms with Crippen molar-refractivity contribution < 1.29 is 5.11 Å². The van der Waals surface area contributed by atoms with E-state index < -0.39 is 6.10 Å². The van der Waals surface area contributed by atoms with Gasteiger partial charge in [-0.15, -0.1) is 11.3 Å². The Morgan fingerprint density at radius 3 is 2.70 bits per heavy atom. The first kappa shape index (κ1) is 18.5. The zero-order valence-corrected chi connectivity index (χ0v) is 15.6. The molecule has 1 aromatic heterocycles. The molecule has 1 aliphatic carbocycles. The summed E-state index contributed by atoms with van der Waals surface area (Å²) < 4.78 is 0.692. The number of guanidine groups is 1. The monoisotopic (exact) mass is 358 g/mol. The van der Waals surface area contributed by atoms with Gasteiger partial charge in [-0.2, -0.15) is 0 Å². The van der Waals surface area contributed by atoms with Crippen LogP contribution < -0.4 is 10.6 Å². The number of aliphatic hydroxyl groups excluding tert-OH is 1. The van der Waals surface area contributed by atoms with Crippen molar-refractivity contribution in [1.29, 1.82) is 0 Å². The van der Waals surface area contributed by atoms with E-state index in [0.29, 0.717) is 16.9 Å². The largest absolute Gasteiger partial charge is 0.386 e. The molecule has 1 saturated carbocycles. The summed E-state index contributed by atoms with van der Waals surface area (Å²) in [5.74, 6) is 1.53. The summed E-state index contributed by atoms with van der Waals surface area (Å²) in [5, 5.41) is 16.7. The second-order valence-electron chi connectivity index (χ2n) is 6.13. The van der Waals surface area contributed by atoms with Gasteiger partial charge in [0, 0.05) is 24.0 Å². The number of aliphatic hydroxyl groups is 1. The van der Waals surface area contributed by atoms with Crippen molar-refractivity contribution in [2.24, 2.45) is 10.9 Å². The van der Waals surface area contributed by atoms with Gasteiger partial charge in [0.15, 0.2) is 5.96 Å². The van der Waals surface area contributed by atoms with Crippen LogP contribution in [0.2, 0.25) is 4.34 Å². The highest BCUT2D eigenvalue weighted by Gasteiger charge is 2.32. The predicted octanol–water partition coefficient (Wildman–Crippen LogP) is 2.33. The minimum Gasteiger partial charge on any atom is -0.386 e. The lowest BCUT2D eigenvalue weighted by molar-refractivity contribution is 0.184. The lowest BCUT2D eigenvalue weighted by Crippen LogP contribution is -2.41. The molecule has 130 valence electrons. The smallest absolute Gasteiger partial charge is 0.191 e. The molecular formula is C16H27ClN4OS. The molecule has 2 rings (SSSR count). The zero-order valence-electron chi connectivity index (χ0n) is 14.1. The average molecular weight is 359 g/mol. The summed E-state index contributed by atoms with van der Waals surface area (Å²) >= 11 is 7.32. The molecule has 0 radical (unpaired) electrons. The van der Waals surface area contributed by atoms with Crippen molar-refractivity contribution in [1.82, 2.24) is 15.5 Å². The molecule has 2 atom stereocenters. The number of aliphatic imine (C=N–C) groups is 1. The number of nitrogens with one attached hydrogen (secondary N) is 2. The third kappa shape index (κ3) is 5.95. The van der Waals surface area contributed by atoms with Gasteiger partial charge < -0.3 is 20.6 Å². The number of likely N-dealkylation sites (N-methyl/N-ethyl adjacent to an activating group) is 1. The molecular weight excluding hydrogens is 332 g/mol. The molecule has 7 heteroatoms. The number of rotatable bonds is 8. The Bertz CT molecular complexity index is 514. The number of nitrogens with zero attached hydrogens (tertiary/aromatic N) is 2. The Hall–Kier alpha value is -0.820. The van der Waals surface area contributed by atoms with E-state index in [2.05, 4.69) is 34.6 Å². The molecule has 1 aromatic rings. The summed E-state index contributed by atoms with van der Waals surface area (Å²) in [6.07, 6.45) is 2.03. The molecule has 3 N–H and O–H groups in total. The van der Waals surface area contributed by atoms with E-state index in [1.54, 1.807) is 6.07 Å². The van der Waals surface area contributed by atoms with Crippen LogP contribution in [0.3, 0.4) is 0 Å². The van der Waals surface area contributed by atoms with Crippen LogP contribution in [-0.2, 0) is 0 Å². The first-order valence-corrected chi connectivity index (χ1v) is 9.32. The van der Waals surface area contributed by atoms with Gasteiger partial charge in [0.1, 0.15) is 6.10 Å². The molecule has 2 unspecified atom stereocenters. The van der Waals surface area contributed by atoms with Crippen molar-refractivity contribution in [3.8, 4) is 0 Å². The van der Waals surface area contributed by atoms with Crippen LogP contribution in [0.15, 0.2) is 17.1 Å². The number of halogens is 1. The van der Waals surface area contributed by atoms with Crippen LogP contribution in [0.5, 0.6) is 0 Å². The van der Waals surface area contributed by atoms with Gasteiger partial charge in [-0.25, -0.2) is 0 Å². The summed E-state index contributed by atoms with van der Waals surface area (Å²) in [4.78, 5) is 7.81. The Kier molecular flexibility index (Phi) is 7.14. The number of hydrogen-bond donors (Lipinski definition) is 3. The maximum atomic E-state index is 10.2. The first-order valence-electron chi connectivity index (χ1n) is 8.13. The lowest BCUT2D eigenvalue weighted by Gasteiger charge is -2.23. The van der Waals surface area contributed by atoms with E-state index in [0.717, 1.165) is 29.8 Å². The molecule has 0 aromatic carbocycles. The van der Waals surface area contributed by atoms with E-state index in [-0.39, 0.29) is 0 Å². The SMILES string of the molecule is CCNC(=NCC(C1CC1)N(C)C)NCC(O)c1ccc(Cl)s1. The Labute approximate surface area is 147 Å². The highest BCUT2D eigenvalue weighted by atomic mass is 35.5. The van der Waals surface area contributed by atoms with Gasteiger partial charge >= 0.3 is 0 Å². The molecule has 1 fully saturated rings. The maximum absolute atomic E-state index is 10.2. The number of hydrogen-bond acceptors (Lipinski definition) is 4. The molecule has 0 amide bonds. The molecule has 0 bridgehead atoms. The van der Waals surface area contributed by atoms with Gasteiger partial charge in [0.2, 0.25) is 0 Å². The fraction of sp³-hybridized carbons (Fsp3) is 0.688. The molecule has 0 saturated heterocycles. The Balaban J connectivity index is 1.88. The minimum absolute atomic E-state index is 0.415. The van der Waals surface area contributed by atoms with E-state index in [9.17, 15) is 5.11 Å². The van der Waals surface area contributed by atoms with Crippen LogP contribution in [-0.4, -0.2) is 55.7 Å². The van der Waals surface area contributed by atoms with Crippen molar-refractivity contribution in [3.63, 3.8) is 0 Å². The first-order chi connectivity index (χ1) is 11.0. The Morgan fingerprint density at radius 2 is 2.17 bits per heavy atom. The van der Waals surface area contributed by atoms with Gasteiger partial charge in [-0.05, 0) is 51.9 Å². The van der Waals surface area contributed by atoms with Gasteiger partial charge in [0.05, 0.1) is 10.9 Å².